The summed E-state index contributed by atoms with van der Waals surface area (Å²) in [5.74, 6) is -0.486. The van der Waals surface area contributed by atoms with Gasteiger partial charge in [-0.25, -0.2) is 4.39 Å². The standard InChI is InChI=1S/C17H14FNO2/c18-9-1-3-10(4-2-9)19-15(20)13-11-5-6-12(14(13)16(19)21)17(11)7-8-17/h1-6,11-14H,7-8H2/t11-,12+,13+,14-. The van der Waals surface area contributed by atoms with Gasteiger partial charge in [0.2, 0.25) is 11.8 Å². The third kappa shape index (κ3) is 1.20. The Balaban J connectivity index is 1.57. The Morgan fingerprint density at radius 2 is 1.48 bits per heavy atom. The normalized spacial score (nSPS) is 37.7. The Hall–Kier alpha value is -1.97. The van der Waals surface area contributed by atoms with E-state index in [1.165, 1.54) is 29.2 Å². The van der Waals surface area contributed by atoms with Gasteiger partial charge in [0.25, 0.3) is 0 Å². The summed E-state index contributed by atoms with van der Waals surface area (Å²) in [5, 5.41) is 0. The lowest BCUT2D eigenvalue weighted by atomic mass is 9.85. The number of benzene rings is 1. The van der Waals surface area contributed by atoms with Crippen molar-refractivity contribution in [3.8, 4) is 0 Å². The first-order valence-corrected chi connectivity index (χ1v) is 7.45. The van der Waals surface area contributed by atoms with Crippen LogP contribution in [-0.4, -0.2) is 11.8 Å². The number of carbonyl (C=O) groups excluding carboxylic acids is 2. The number of rotatable bonds is 1. The van der Waals surface area contributed by atoms with Gasteiger partial charge in [0.1, 0.15) is 5.82 Å². The lowest BCUT2D eigenvalue weighted by Crippen LogP contribution is -2.34. The van der Waals surface area contributed by atoms with E-state index >= 15 is 0 Å². The Bertz CT molecular complexity index is 670. The molecule has 4 atom stereocenters. The van der Waals surface area contributed by atoms with Crippen LogP contribution < -0.4 is 4.90 Å². The summed E-state index contributed by atoms with van der Waals surface area (Å²) in [4.78, 5) is 26.8. The first-order chi connectivity index (χ1) is 10.1. The van der Waals surface area contributed by atoms with Crippen molar-refractivity contribution in [2.24, 2.45) is 29.1 Å². The van der Waals surface area contributed by atoms with Gasteiger partial charge in [0.15, 0.2) is 0 Å². The van der Waals surface area contributed by atoms with Crippen LogP contribution in [-0.2, 0) is 9.59 Å². The molecular weight excluding hydrogens is 269 g/mol. The third-order valence-electron chi connectivity index (χ3n) is 5.94. The topological polar surface area (TPSA) is 37.4 Å². The summed E-state index contributed by atoms with van der Waals surface area (Å²) >= 11 is 0. The molecule has 1 aromatic rings. The fourth-order valence-corrected chi connectivity index (χ4v) is 4.92. The second kappa shape index (κ2) is 3.43. The molecule has 0 N–H and O–H groups in total. The largest absolute Gasteiger partial charge is 0.274 e. The van der Waals surface area contributed by atoms with Gasteiger partial charge < -0.3 is 0 Å². The summed E-state index contributed by atoms with van der Waals surface area (Å²) in [6.45, 7) is 0. The van der Waals surface area contributed by atoms with Gasteiger partial charge in [-0.3, -0.25) is 14.5 Å². The lowest BCUT2D eigenvalue weighted by Gasteiger charge is -2.21. The summed E-state index contributed by atoms with van der Waals surface area (Å²) in [6.07, 6.45) is 6.58. The average Bonchev–Trinajstić information content (AvgIpc) is 3.07. The third-order valence-corrected chi connectivity index (χ3v) is 5.94. The molecule has 1 heterocycles. The lowest BCUT2D eigenvalue weighted by molar-refractivity contribution is -0.123. The minimum Gasteiger partial charge on any atom is -0.274 e. The maximum atomic E-state index is 13.0. The second-order valence-corrected chi connectivity index (χ2v) is 6.71. The maximum absolute atomic E-state index is 13.0. The summed E-state index contributed by atoms with van der Waals surface area (Å²) in [7, 11) is 0. The molecule has 2 amide bonds. The molecule has 21 heavy (non-hydrogen) atoms. The van der Waals surface area contributed by atoms with Crippen LogP contribution in [0, 0.1) is 34.9 Å². The zero-order chi connectivity index (χ0) is 14.4. The van der Waals surface area contributed by atoms with Crippen LogP contribution in [0.25, 0.3) is 0 Å². The van der Waals surface area contributed by atoms with Crippen LogP contribution in [0.4, 0.5) is 10.1 Å². The SMILES string of the molecule is O=C1[C@@H]2[C@H](C(=O)N1c1ccc(F)cc1)[C@@H]1C=C[C@H]2C12CC2. The molecule has 0 unspecified atom stereocenters. The molecule has 1 aliphatic heterocycles. The maximum Gasteiger partial charge on any atom is 0.238 e. The fourth-order valence-electron chi connectivity index (χ4n) is 4.92. The molecular formula is C17H14FNO2. The van der Waals surface area contributed by atoms with Gasteiger partial charge in [0, 0.05) is 0 Å². The van der Waals surface area contributed by atoms with Gasteiger partial charge in [-0.05, 0) is 54.4 Å². The van der Waals surface area contributed by atoms with Crippen molar-refractivity contribution in [1.29, 1.82) is 0 Å². The molecule has 106 valence electrons. The minimum absolute atomic E-state index is 0.0975. The van der Waals surface area contributed by atoms with E-state index in [0.717, 1.165) is 12.8 Å². The van der Waals surface area contributed by atoms with Crippen molar-refractivity contribution in [2.75, 3.05) is 4.90 Å². The Morgan fingerprint density at radius 3 is 1.95 bits per heavy atom. The van der Waals surface area contributed by atoms with E-state index in [4.69, 9.17) is 0 Å². The van der Waals surface area contributed by atoms with E-state index in [1.54, 1.807) is 0 Å². The summed E-state index contributed by atoms with van der Waals surface area (Å²) in [5.41, 5.74) is 0.709. The Morgan fingerprint density at radius 1 is 0.952 bits per heavy atom. The molecule has 3 fully saturated rings. The first-order valence-electron chi connectivity index (χ1n) is 7.45. The molecule has 1 saturated heterocycles. The van der Waals surface area contributed by atoms with E-state index < -0.39 is 0 Å². The molecule has 2 bridgehead atoms. The molecule has 5 rings (SSSR count). The molecule has 1 spiro atoms. The van der Waals surface area contributed by atoms with Gasteiger partial charge in [0.05, 0.1) is 17.5 Å². The van der Waals surface area contributed by atoms with Crippen LogP contribution in [0.2, 0.25) is 0 Å². The van der Waals surface area contributed by atoms with Crippen molar-refractivity contribution < 1.29 is 14.0 Å². The summed E-state index contributed by atoms with van der Waals surface area (Å²) < 4.78 is 13.0. The fraction of sp³-hybridized carbons (Fsp3) is 0.412. The number of nitrogens with zero attached hydrogens (tertiary/aromatic N) is 1. The predicted molar refractivity (Wildman–Crippen MR) is 73.7 cm³/mol. The molecule has 4 heteroatoms. The molecule has 3 aliphatic carbocycles. The monoisotopic (exact) mass is 283 g/mol. The van der Waals surface area contributed by atoms with E-state index in [2.05, 4.69) is 12.2 Å². The zero-order valence-corrected chi connectivity index (χ0v) is 11.3. The molecule has 0 radical (unpaired) electrons. The highest BCUT2D eigenvalue weighted by Gasteiger charge is 2.73. The predicted octanol–water partition coefficient (Wildman–Crippen LogP) is 2.53. The highest BCUT2D eigenvalue weighted by atomic mass is 19.1. The smallest absolute Gasteiger partial charge is 0.238 e. The minimum atomic E-state index is -0.364. The van der Waals surface area contributed by atoms with Crippen LogP contribution >= 0.6 is 0 Å². The molecule has 2 saturated carbocycles. The number of allylic oxidation sites excluding steroid dienone is 2. The molecule has 4 aliphatic rings. The van der Waals surface area contributed by atoms with Crippen molar-refractivity contribution in [3.63, 3.8) is 0 Å². The second-order valence-electron chi connectivity index (χ2n) is 6.71. The number of amides is 2. The van der Waals surface area contributed by atoms with Crippen LogP contribution in [0.3, 0.4) is 0 Å². The number of hydrogen-bond donors (Lipinski definition) is 0. The number of hydrogen-bond acceptors (Lipinski definition) is 2. The molecule has 3 nitrogen and oxygen atoms in total. The van der Waals surface area contributed by atoms with Crippen LogP contribution in [0.15, 0.2) is 36.4 Å². The number of carbonyl (C=O) groups is 2. The van der Waals surface area contributed by atoms with E-state index in [-0.39, 0.29) is 46.7 Å². The molecule has 0 aromatic heterocycles. The van der Waals surface area contributed by atoms with Gasteiger partial charge >= 0.3 is 0 Å². The Labute approximate surface area is 121 Å². The van der Waals surface area contributed by atoms with Gasteiger partial charge in [-0.15, -0.1) is 0 Å². The molecule has 1 aromatic carbocycles. The van der Waals surface area contributed by atoms with Crippen molar-refractivity contribution in [1.82, 2.24) is 0 Å². The van der Waals surface area contributed by atoms with Gasteiger partial charge in [-0.2, -0.15) is 0 Å². The average molecular weight is 283 g/mol. The highest BCUT2D eigenvalue weighted by Crippen LogP contribution is 2.73. The quantitative estimate of drug-likeness (QED) is 0.586. The number of imide groups is 1. The van der Waals surface area contributed by atoms with Crippen molar-refractivity contribution in [3.05, 3.63) is 42.2 Å². The van der Waals surface area contributed by atoms with Crippen molar-refractivity contribution in [2.45, 2.75) is 12.8 Å². The number of anilines is 1. The summed E-state index contributed by atoms with van der Waals surface area (Å²) in [6, 6.07) is 5.60. The van der Waals surface area contributed by atoms with Crippen LogP contribution in [0.5, 0.6) is 0 Å². The van der Waals surface area contributed by atoms with E-state index in [1.807, 2.05) is 0 Å². The number of halogens is 1. The van der Waals surface area contributed by atoms with Crippen molar-refractivity contribution >= 4 is 17.5 Å². The highest BCUT2D eigenvalue weighted by molar-refractivity contribution is 6.23. The number of fused-ring (bicyclic) bond motifs is 3. The van der Waals surface area contributed by atoms with E-state index in [9.17, 15) is 14.0 Å². The zero-order valence-electron chi connectivity index (χ0n) is 11.3. The van der Waals surface area contributed by atoms with E-state index in [0.29, 0.717) is 5.69 Å². The Kier molecular flexibility index (Phi) is 1.91. The first kappa shape index (κ1) is 11.7. The van der Waals surface area contributed by atoms with Crippen LogP contribution in [0.1, 0.15) is 12.8 Å². The van der Waals surface area contributed by atoms with Gasteiger partial charge in [-0.1, -0.05) is 12.2 Å².